The largest absolute Gasteiger partial charge is 0.573 e. The molecule has 4 aromatic carbocycles. The number of aromatic nitrogens is 3. The molecule has 0 aliphatic rings. The molecule has 3 heterocycles. The van der Waals surface area contributed by atoms with Crippen LogP contribution in [-0.2, 0) is 6.18 Å². The maximum Gasteiger partial charge on any atom is 0.573 e. The van der Waals surface area contributed by atoms with Crippen molar-refractivity contribution in [2.45, 2.75) is 12.5 Å². The SMILES string of the molecule is Nc1c(C(=O)c2c([O-])on[n+]2-c2ccc(OC(F)(F)F)cc2)sc2nc(-c3cccc4ccccc34)cc(-c3ccc(C(F)(F)F)cc3)c12. The summed E-state index contributed by atoms with van der Waals surface area (Å²) in [6.07, 6.45) is -9.51. The van der Waals surface area contributed by atoms with E-state index in [1.165, 1.54) is 12.1 Å². The number of ketones is 1. The monoisotopic (exact) mass is 692 g/mol. The number of nitrogens with zero attached hydrogens (tertiary/aromatic N) is 3. The van der Waals surface area contributed by atoms with E-state index in [1.807, 2.05) is 42.5 Å². The Bertz CT molecular complexity index is 2380. The Morgan fingerprint density at radius 1 is 0.878 bits per heavy atom. The van der Waals surface area contributed by atoms with Gasteiger partial charge in [0.05, 0.1) is 22.2 Å². The van der Waals surface area contributed by atoms with E-state index in [2.05, 4.69) is 10.0 Å². The Morgan fingerprint density at radius 2 is 1.57 bits per heavy atom. The maximum atomic E-state index is 14.0. The lowest BCUT2D eigenvalue weighted by atomic mass is 9.96. The molecule has 7 aromatic rings. The standard InChI is InChI=1S/C34H18F6N4O4S/c35-33(36,37)19-10-8-18(9-11-19)24-16-25(23-7-3-5-17-4-1-2-6-22(17)23)42-31-26(24)27(41)30(49-31)29(45)28-32(46)48-43-44(28)20-12-14-21(15-13-20)47-34(38,39)40/h1-16H,(H2-,41,43,45,46). The van der Waals surface area contributed by atoms with Crippen molar-refractivity contribution in [1.82, 2.24) is 10.3 Å². The Labute approximate surface area is 275 Å². The minimum atomic E-state index is -4.94. The quantitative estimate of drug-likeness (QED) is 0.107. The molecule has 0 atom stereocenters. The number of pyridine rings is 1. The van der Waals surface area contributed by atoms with Crippen LogP contribution < -0.4 is 20.3 Å². The van der Waals surface area contributed by atoms with Gasteiger partial charge in [-0.1, -0.05) is 54.6 Å². The summed E-state index contributed by atoms with van der Waals surface area (Å²) in [4.78, 5) is 18.9. The lowest BCUT2D eigenvalue weighted by molar-refractivity contribution is -0.672. The van der Waals surface area contributed by atoms with Gasteiger partial charge in [0.25, 0.3) is 5.78 Å². The number of nitrogen functional groups attached to an aromatic ring is 1. The zero-order valence-electron chi connectivity index (χ0n) is 24.5. The molecule has 0 radical (unpaired) electrons. The second-order valence-corrected chi connectivity index (χ2v) is 11.7. The van der Waals surface area contributed by atoms with Crippen LogP contribution in [0.4, 0.5) is 32.0 Å². The molecule has 0 unspecified atom stereocenters. The molecule has 0 spiro atoms. The van der Waals surface area contributed by atoms with E-state index in [9.17, 15) is 36.2 Å². The van der Waals surface area contributed by atoms with Crippen molar-refractivity contribution in [2.75, 3.05) is 5.73 Å². The van der Waals surface area contributed by atoms with E-state index in [0.29, 0.717) is 22.4 Å². The van der Waals surface area contributed by atoms with Crippen molar-refractivity contribution in [3.8, 4) is 39.8 Å². The number of anilines is 1. The number of hydrogen-bond donors (Lipinski definition) is 1. The molecule has 8 nitrogen and oxygen atoms in total. The van der Waals surface area contributed by atoms with Gasteiger partial charge in [-0.05, 0) is 56.9 Å². The third kappa shape index (κ3) is 5.88. The highest BCUT2D eigenvalue weighted by molar-refractivity contribution is 7.21. The molecular formula is C34H18F6N4O4S. The molecule has 0 saturated heterocycles. The number of nitrogens with two attached hydrogens (primary N) is 1. The molecule has 0 aliphatic heterocycles. The van der Waals surface area contributed by atoms with Crippen LogP contribution in [0, 0.1) is 0 Å². The summed E-state index contributed by atoms with van der Waals surface area (Å²) in [6.45, 7) is 0. The second kappa shape index (κ2) is 11.6. The topological polar surface area (TPSA) is 118 Å². The van der Waals surface area contributed by atoms with Crippen molar-refractivity contribution >= 4 is 43.8 Å². The number of halogens is 6. The highest BCUT2D eigenvalue weighted by Gasteiger charge is 2.35. The number of hydrogen-bond acceptors (Lipinski definition) is 8. The first-order valence-corrected chi connectivity index (χ1v) is 15.0. The van der Waals surface area contributed by atoms with E-state index in [4.69, 9.17) is 15.2 Å². The number of thiophene rings is 1. The molecule has 0 amide bonds. The van der Waals surface area contributed by atoms with Crippen LogP contribution in [0.2, 0.25) is 0 Å². The average Bonchev–Trinajstić information content (AvgIpc) is 3.62. The summed E-state index contributed by atoms with van der Waals surface area (Å²) >= 11 is 0.850. The van der Waals surface area contributed by atoms with Crippen LogP contribution >= 0.6 is 11.3 Å². The average molecular weight is 693 g/mol. The van der Waals surface area contributed by atoms with Gasteiger partial charge in [0.2, 0.25) is 5.69 Å². The fraction of sp³-hybridized carbons (Fsp3) is 0.0588. The zero-order chi connectivity index (χ0) is 34.7. The van der Waals surface area contributed by atoms with Crippen LogP contribution in [0.15, 0.2) is 102 Å². The highest BCUT2D eigenvalue weighted by atomic mass is 32.1. The molecule has 3 aromatic heterocycles. The van der Waals surface area contributed by atoms with Gasteiger partial charge in [0.15, 0.2) is 5.95 Å². The third-order valence-electron chi connectivity index (χ3n) is 7.63. The van der Waals surface area contributed by atoms with E-state index in [-0.39, 0.29) is 26.5 Å². The summed E-state index contributed by atoms with van der Waals surface area (Å²) < 4.78 is 87.6. The summed E-state index contributed by atoms with van der Waals surface area (Å²) in [7, 11) is 0. The normalized spacial score (nSPS) is 12.1. The first-order valence-electron chi connectivity index (χ1n) is 14.2. The van der Waals surface area contributed by atoms with Gasteiger partial charge in [-0.15, -0.1) is 24.5 Å². The van der Waals surface area contributed by atoms with Crippen molar-refractivity contribution in [1.29, 1.82) is 0 Å². The molecular weight excluding hydrogens is 674 g/mol. The number of carbonyl (C=O) groups excluding carboxylic acids is 1. The smallest absolute Gasteiger partial charge is 0.539 e. The van der Waals surface area contributed by atoms with E-state index < -0.39 is 41.3 Å². The first kappa shape index (κ1) is 31.6. The second-order valence-electron chi connectivity index (χ2n) is 10.7. The number of alkyl halides is 6. The molecule has 49 heavy (non-hydrogen) atoms. The number of benzene rings is 4. The molecule has 0 fully saturated rings. The van der Waals surface area contributed by atoms with Gasteiger partial charge >= 0.3 is 18.2 Å². The lowest BCUT2D eigenvalue weighted by Crippen LogP contribution is -2.39. The Morgan fingerprint density at radius 3 is 2.27 bits per heavy atom. The van der Waals surface area contributed by atoms with Crippen molar-refractivity contribution in [3.05, 3.63) is 113 Å². The summed E-state index contributed by atoms with van der Waals surface area (Å²) in [5.41, 5.74) is 6.91. The molecule has 246 valence electrons. The molecule has 0 bridgehead atoms. The van der Waals surface area contributed by atoms with Crippen LogP contribution in [0.1, 0.15) is 20.9 Å². The molecule has 7 rings (SSSR count). The van der Waals surface area contributed by atoms with E-state index in [0.717, 1.165) is 63.2 Å². The minimum absolute atomic E-state index is 0.00483. The fourth-order valence-electron chi connectivity index (χ4n) is 5.45. The van der Waals surface area contributed by atoms with Crippen molar-refractivity contribution in [3.63, 3.8) is 0 Å². The summed E-state index contributed by atoms with van der Waals surface area (Å²) in [6, 6.07) is 23.4. The van der Waals surface area contributed by atoms with Gasteiger partial charge in [-0.25, -0.2) is 4.98 Å². The van der Waals surface area contributed by atoms with Crippen LogP contribution in [0.5, 0.6) is 11.7 Å². The van der Waals surface area contributed by atoms with Crippen LogP contribution in [0.3, 0.4) is 0 Å². The minimum Gasteiger partial charge on any atom is -0.539 e. The fourth-order valence-corrected chi connectivity index (χ4v) is 6.51. The Balaban J connectivity index is 1.39. The first-order chi connectivity index (χ1) is 23.3. The van der Waals surface area contributed by atoms with Gasteiger partial charge < -0.3 is 20.1 Å². The van der Waals surface area contributed by atoms with Gasteiger partial charge in [-0.2, -0.15) is 13.2 Å². The lowest BCUT2D eigenvalue weighted by Gasteiger charge is -2.12. The summed E-state index contributed by atoms with van der Waals surface area (Å²) in [5.74, 6) is -2.62. The summed E-state index contributed by atoms with van der Waals surface area (Å²) in [5, 5.41) is 18.4. The molecule has 0 saturated carbocycles. The van der Waals surface area contributed by atoms with Crippen LogP contribution in [-0.4, -0.2) is 22.4 Å². The van der Waals surface area contributed by atoms with E-state index >= 15 is 0 Å². The van der Waals surface area contributed by atoms with Gasteiger partial charge in [-0.3, -0.25) is 4.79 Å². The molecule has 2 N–H and O–H groups in total. The zero-order valence-corrected chi connectivity index (χ0v) is 25.3. The highest BCUT2D eigenvalue weighted by Crippen LogP contribution is 2.43. The van der Waals surface area contributed by atoms with Gasteiger partial charge in [0.1, 0.15) is 15.5 Å². The van der Waals surface area contributed by atoms with Crippen molar-refractivity contribution < 1.29 is 50.2 Å². The van der Waals surface area contributed by atoms with Crippen LogP contribution in [0.25, 0.3) is 49.1 Å². The number of carbonyl (C=O) groups is 1. The third-order valence-corrected chi connectivity index (χ3v) is 8.73. The van der Waals surface area contributed by atoms with E-state index in [1.54, 1.807) is 6.07 Å². The number of rotatable bonds is 6. The predicted octanol–water partition coefficient (Wildman–Crippen LogP) is 7.85. The molecule has 0 aliphatic carbocycles. The Kier molecular flexibility index (Phi) is 7.50. The number of ether oxygens (including phenoxy) is 1. The van der Waals surface area contributed by atoms with Gasteiger partial charge in [0, 0.05) is 23.1 Å². The number of fused-ring (bicyclic) bond motifs is 2. The maximum absolute atomic E-state index is 14.0. The van der Waals surface area contributed by atoms with Crippen molar-refractivity contribution in [2.24, 2.45) is 0 Å². The predicted molar refractivity (Wildman–Crippen MR) is 165 cm³/mol. The Hall–Kier alpha value is -5.96. The molecule has 15 heteroatoms.